The second kappa shape index (κ2) is 5.53. The predicted octanol–water partition coefficient (Wildman–Crippen LogP) is 4.47. The van der Waals surface area contributed by atoms with E-state index in [9.17, 15) is 0 Å². The van der Waals surface area contributed by atoms with E-state index in [1.54, 1.807) is 0 Å². The molecular weight excluding hydrogens is 194 g/mol. The predicted molar refractivity (Wildman–Crippen MR) is 72.8 cm³/mol. The molecule has 0 aromatic rings. The molecule has 1 nitrogen and oxygen atoms in total. The van der Waals surface area contributed by atoms with Crippen molar-refractivity contribution >= 4 is 0 Å². The molecule has 1 fully saturated rings. The molecule has 0 bridgehead atoms. The van der Waals surface area contributed by atoms with Crippen molar-refractivity contribution < 1.29 is 0 Å². The van der Waals surface area contributed by atoms with E-state index in [4.69, 9.17) is 0 Å². The van der Waals surface area contributed by atoms with Crippen LogP contribution in [-0.4, -0.2) is 23.5 Å². The van der Waals surface area contributed by atoms with Crippen LogP contribution in [0, 0.1) is 5.41 Å². The van der Waals surface area contributed by atoms with Crippen molar-refractivity contribution in [3.05, 3.63) is 0 Å². The van der Waals surface area contributed by atoms with E-state index < -0.39 is 0 Å². The van der Waals surface area contributed by atoms with E-state index in [-0.39, 0.29) is 0 Å². The van der Waals surface area contributed by atoms with Gasteiger partial charge in [-0.25, -0.2) is 0 Å². The second-order valence-corrected chi connectivity index (χ2v) is 6.68. The molecule has 0 amide bonds. The lowest BCUT2D eigenvalue weighted by atomic mass is 9.68. The Hall–Kier alpha value is -0.0400. The Morgan fingerprint density at radius 3 is 1.94 bits per heavy atom. The molecule has 96 valence electrons. The van der Waals surface area contributed by atoms with E-state index in [1.807, 2.05) is 0 Å². The molecule has 0 heterocycles. The minimum Gasteiger partial charge on any atom is -0.298 e. The summed E-state index contributed by atoms with van der Waals surface area (Å²) in [5, 5.41) is 0. The molecule has 0 unspecified atom stereocenters. The van der Waals surface area contributed by atoms with Gasteiger partial charge in [-0.1, -0.05) is 34.1 Å². The van der Waals surface area contributed by atoms with Crippen LogP contribution in [0.1, 0.15) is 73.1 Å². The molecule has 1 rings (SSSR count). The SMILES string of the molecule is CCCN(CCC)[C@@]1(C)CCCC(C)(C)C1. The van der Waals surface area contributed by atoms with Crippen LogP contribution in [0.15, 0.2) is 0 Å². The summed E-state index contributed by atoms with van der Waals surface area (Å²) in [6.45, 7) is 14.6. The summed E-state index contributed by atoms with van der Waals surface area (Å²) in [5.74, 6) is 0. The first kappa shape index (κ1) is 14.0. The highest BCUT2D eigenvalue weighted by atomic mass is 15.2. The minimum atomic E-state index is 0.466. The van der Waals surface area contributed by atoms with Gasteiger partial charge in [-0.05, 0) is 57.5 Å². The second-order valence-electron chi connectivity index (χ2n) is 6.68. The molecule has 0 aromatic heterocycles. The largest absolute Gasteiger partial charge is 0.298 e. The molecule has 1 saturated carbocycles. The van der Waals surface area contributed by atoms with Gasteiger partial charge in [0.05, 0.1) is 0 Å². The van der Waals surface area contributed by atoms with Crippen molar-refractivity contribution in [3.8, 4) is 0 Å². The Kier molecular flexibility index (Phi) is 4.85. The van der Waals surface area contributed by atoms with Gasteiger partial charge in [-0.15, -0.1) is 0 Å². The number of hydrogen-bond acceptors (Lipinski definition) is 1. The van der Waals surface area contributed by atoms with Crippen molar-refractivity contribution in [3.63, 3.8) is 0 Å². The van der Waals surface area contributed by atoms with Gasteiger partial charge in [0, 0.05) is 5.54 Å². The molecule has 0 saturated heterocycles. The maximum absolute atomic E-state index is 2.76. The quantitative estimate of drug-likeness (QED) is 0.667. The average Bonchev–Trinajstić information content (AvgIpc) is 2.15. The fraction of sp³-hybridized carbons (Fsp3) is 1.00. The molecular formula is C15H31N. The summed E-state index contributed by atoms with van der Waals surface area (Å²) < 4.78 is 0. The fourth-order valence-electron chi connectivity index (χ4n) is 3.62. The zero-order valence-electron chi connectivity index (χ0n) is 12.1. The fourth-order valence-corrected chi connectivity index (χ4v) is 3.62. The van der Waals surface area contributed by atoms with Crippen molar-refractivity contribution in [2.24, 2.45) is 5.41 Å². The smallest absolute Gasteiger partial charge is 0.0186 e. The van der Waals surface area contributed by atoms with Gasteiger partial charge in [0.2, 0.25) is 0 Å². The first-order valence-corrected chi connectivity index (χ1v) is 7.18. The molecule has 0 N–H and O–H groups in total. The van der Waals surface area contributed by atoms with Gasteiger partial charge in [-0.2, -0.15) is 0 Å². The summed E-state index contributed by atoms with van der Waals surface area (Å²) in [6.07, 6.45) is 8.17. The Labute approximate surface area is 103 Å². The van der Waals surface area contributed by atoms with E-state index >= 15 is 0 Å². The zero-order valence-corrected chi connectivity index (χ0v) is 12.1. The van der Waals surface area contributed by atoms with Gasteiger partial charge in [0.1, 0.15) is 0 Å². The van der Waals surface area contributed by atoms with Crippen LogP contribution in [0.5, 0.6) is 0 Å². The Morgan fingerprint density at radius 1 is 0.938 bits per heavy atom. The third-order valence-corrected chi connectivity index (χ3v) is 4.18. The van der Waals surface area contributed by atoms with Gasteiger partial charge >= 0.3 is 0 Å². The van der Waals surface area contributed by atoms with E-state index in [2.05, 4.69) is 39.5 Å². The highest BCUT2D eigenvalue weighted by Crippen LogP contribution is 2.43. The van der Waals surface area contributed by atoms with Gasteiger partial charge < -0.3 is 0 Å². The highest BCUT2D eigenvalue weighted by molar-refractivity contribution is 4.95. The lowest BCUT2D eigenvalue weighted by molar-refractivity contribution is 0.0170. The van der Waals surface area contributed by atoms with Crippen LogP contribution in [0.2, 0.25) is 0 Å². The van der Waals surface area contributed by atoms with Crippen LogP contribution < -0.4 is 0 Å². The maximum Gasteiger partial charge on any atom is 0.0186 e. The maximum atomic E-state index is 2.76. The number of nitrogens with zero attached hydrogens (tertiary/aromatic N) is 1. The van der Waals surface area contributed by atoms with Crippen LogP contribution in [-0.2, 0) is 0 Å². The normalized spacial score (nSPS) is 29.6. The molecule has 1 heteroatoms. The molecule has 0 aliphatic heterocycles. The lowest BCUT2D eigenvalue weighted by Gasteiger charge is -2.49. The minimum absolute atomic E-state index is 0.466. The van der Waals surface area contributed by atoms with Crippen molar-refractivity contribution in [1.82, 2.24) is 4.90 Å². The summed E-state index contributed by atoms with van der Waals surface area (Å²) in [4.78, 5) is 2.76. The third-order valence-electron chi connectivity index (χ3n) is 4.18. The van der Waals surface area contributed by atoms with Gasteiger partial charge in [0.25, 0.3) is 0 Å². The third kappa shape index (κ3) is 3.48. The molecule has 1 atom stereocenters. The summed E-state index contributed by atoms with van der Waals surface area (Å²) in [7, 11) is 0. The molecule has 0 aromatic carbocycles. The van der Waals surface area contributed by atoms with Gasteiger partial charge in [-0.3, -0.25) is 4.90 Å². The Balaban J connectivity index is 2.71. The van der Waals surface area contributed by atoms with Gasteiger partial charge in [0.15, 0.2) is 0 Å². The van der Waals surface area contributed by atoms with Crippen LogP contribution >= 0.6 is 0 Å². The summed E-state index contributed by atoms with van der Waals surface area (Å²) in [6, 6.07) is 0. The first-order chi connectivity index (χ1) is 7.43. The Bertz CT molecular complexity index is 203. The van der Waals surface area contributed by atoms with Crippen molar-refractivity contribution in [2.75, 3.05) is 13.1 Å². The molecule has 0 radical (unpaired) electrons. The molecule has 16 heavy (non-hydrogen) atoms. The number of rotatable bonds is 5. The lowest BCUT2D eigenvalue weighted by Crippen LogP contribution is -2.51. The highest BCUT2D eigenvalue weighted by Gasteiger charge is 2.39. The first-order valence-electron chi connectivity index (χ1n) is 7.18. The molecule has 0 spiro atoms. The molecule has 1 aliphatic rings. The van der Waals surface area contributed by atoms with Crippen LogP contribution in [0.4, 0.5) is 0 Å². The van der Waals surface area contributed by atoms with Crippen LogP contribution in [0.25, 0.3) is 0 Å². The van der Waals surface area contributed by atoms with Crippen LogP contribution in [0.3, 0.4) is 0 Å². The summed E-state index contributed by atoms with van der Waals surface area (Å²) >= 11 is 0. The average molecular weight is 225 g/mol. The number of hydrogen-bond donors (Lipinski definition) is 0. The topological polar surface area (TPSA) is 3.24 Å². The standard InChI is InChI=1S/C15H31N/c1-6-11-16(12-7-2)15(5)10-8-9-14(3,4)13-15/h6-13H2,1-5H3/t15-/m0/s1. The zero-order chi connectivity index (χ0) is 12.2. The monoisotopic (exact) mass is 225 g/mol. The van der Waals surface area contributed by atoms with Crippen molar-refractivity contribution in [1.29, 1.82) is 0 Å². The van der Waals surface area contributed by atoms with Crippen molar-refractivity contribution in [2.45, 2.75) is 78.7 Å². The van der Waals surface area contributed by atoms with E-state index in [0.717, 1.165) is 0 Å². The van der Waals surface area contributed by atoms with E-state index in [1.165, 1.54) is 51.6 Å². The summed E-state index contributed by atoms with van der Waals surface area (Å²) in [5.41, 5.74) is 1.01. The molecule has 1 aliphatic carbocycles. The Morgan fingerprint density at radius 2 is 1.50 bits per heavy atom. The van der Waals surface area contributed by atoms with E-state index in [0.29, 0.717) is 11.0 Å².